The number of piperazine rings is 1. The molecule has 1 unspecified atom stereocenters. The summed E-state index contributed by atoms with van der Waals surface area (Å²) in [6, 6.07) is 9.26. The molecule has 4 aliphatic rings. The number of hydrogen-bond donors (Lipinski definition) is 1. The van der Waals surface area contributed by atoms with E-state index in [1.54, 1.807) is 11.3 Å². The van der Waals surface area contributed by atoms with E-state index in [9.17, 15) is 9.59 Å². The van der Waals surface area contributed by atoms with Crippen LogP contribution in [0.3, 0.4) is 0 Å². The van der Waals surface area contributed by atoms with Crippen LogP contribution in [0.4, 0.5) is 0 Å². The van der Waals surface area contributed by atoms with Gasteiger partial charge in [0.05, 0.1) is 23.7 Å². The summed E-state index contributed by atoms with van der Waals surface area (Å²) in [6.07, 6.45) is 6.85. The van der Waals surface area contributed by atoms with E-state index in [4.69, 9.17) is 0 Å². The minimum absolute atomic E-state index is 0.0968. The van der Waals surface area contributed by atoms with E-state index in [0.29, 0.717) is 24.2 Å². The fraction of sp³-hybridized carbons (Fsp3) is 0.622. The van der Waals surface area contributed by atoms with E-state index in [1.807, 2.05) is 0 Å². The van der Waals surface area contributed by atoms with Gasteiger partial charge in [0.15, 0.2) is 5.78 Å². The molecular formula is C37H51N5O2S. The summed E-state index contributed by atoms with van der Waals surface area (Å²) in [5.74, 6) is 1.25. The molecular weight excluding hydrogens is 579 g/mol. The predicted molar refractivity (Wildman–Crippen MR) is 184 cm³/mol. The summed E-state index contributed by atoms with van der Waals surface area (Å²) in [7, 11) is 0. The quantitative estimate of drug-likeness (QED) is 0.333. The number of rotatable bonds is 9. The molecule has 2 bridgehead atoms. The first kappa shape index (κ1) is 31.1. The van der Waals surface area contributed by atoms with Crippen LogP contribution in [0.1, 0.15) is 67.5 Å². The molecule has 1 atom stereocenters. The molecule has 0 aliphatic carbocycles. The number of carbonyl (C=O) groups is 2. The summed E-state index contributed by atoms with van der Waals surface area (Å²) >= 11 is 1.78. The van der Waals surface area contributed by atoms with Crippen molar-refractivity contribution < 1.29 is 9.59 Å². The first-order valence-electron chi connectivity index (χ1n) is 17.4. The molecule has 3 aromatic rings. The highest BCUT2D eigenvalue weighted by Crippen LogP contribution is 2.44. The van der Waals surface area contributed by atoms with Gasteiger partial charge in [0.1, 0.15) is 4.83 Å². The minimum atomic E-state index is -0.500. The minimum Gasteiger partial charge on any atom is -0.346 e. The number of carbonyl (C=O) groups excluding carboxylic acids is 2. The van der Waals surface area contributed by atoms with Gasteiger partial charge in [-0.1, -0.05) is 17.2 Å². The number of benzene rings is 1. The van der Waals surface area contributed by atoms with Crippen LogP contribution in [0.5, 0.6) is 0 Å². The first-order valence-corrected chi connectivity index (χ1v) is 18.2. The van der Waals surface area contributed by atoms with Crippen molar-refractivity contribution in [3.63, 3.8) is 0 Å². The number of hydrogen-bond acceptors (Lipinski definition) is 6. The average molecular weight is 630 g/mol. The van der Waals surface area contributed by atoms with Crippen molar-refractivity contribution in [1.82, 2.24) is 24.6 Å². The smallest absolute Gasteiger partial charge is 0.236 e. The van der Waals surface area contributed by atoms with Crippen molar-refractivity contribution in [3.05, 3.63) is 45.8 Å². The summed E-state index contributed by atoms with van der Waals surface area (Å²) in [5.41, 5.74) is 5.90. The van der Waals surface area contributed by atoms with Crippen LogP contribution >= 0.6 is 11.3 Å². The van der Waals surface area contributed by atoms with Gasteiger partial charge < -0.3 is 14.8 Å². The van der Waals surface area contributed by atoms with E-state index in [1.165, 1.54) is 62.3 Å². The lowest BCUT2D eigenvalue weighted by atomic mass is 9.79. The van der Waals surface area contributed by atoms with E-state index in [-0.39, 0.29) is 6.04 Å². The van der Waals surface area contributed by atoms with Gasteiger partial charge in [0.25, 0.3) is 0 Å². The zero-order valence-corrected chi connectivity index (χ0v) is 28.6. The number of nitrogens with zero attached hydrogens (tertiary/aromatic N) is 4. The number of H-pyrrole nitrogens is 1. The van der Waals surface area contributed by atoms with Gasteiger partial charge in [0, 0.05) is 56.1 Å². The monoisotopic (exact) mass is 629 g/mol. The lowest BCUT2D eigenvalue weighted by molar-refractivity contribution is -0.133. The number of likely N-dealkylation sites (tertiary alicyclic amines) is 1. The van der Waals surface area contributed by atoms with Gasteiger partial charge in [-0.2, -0.15) is 0 Å². The fourth-order valence-electron chi connectivity index (χ4n) is 8.52. The second-order valence-corrected chi connectivity index (χ2v) is 15.9. The number of aromatic nitrogens is 1. The third kappa shape index (κ3) is 6.16. The van der Waals surface area contributed by atoms with Crippen LogP contribution in [-0.4, -0.2) is 108 Å². The SMILES string of the molecule is Cc1cc(C)cc(-c2[nH]c3sc(C(C)(C)C(=O)C4C5CCN4CC5)cc3c2CCN2CCN(CC(=O)N3CCCCC3)CC2)c1. The molecule has 0 radical (unpaired) electrons. The molecule has 4 aliphatic heterocycles. The van der Waals surface area contributed by atoms with Crippen LogP contribution in [-0.2, 0) is 21.4 Å². The van der Waals surface area contributed by atoms with E-state index in [2.05, 4.69) is 76.5 Å². The maximum Gasteiger partial charge on any atom is 0.236 e. The zero-order valence-electron chi connectivity index (χ0n) is 27.8. The van der Waals surface area contributed by atoms with Gasteiger partial charge in [-0.25, -0.2) is 0 Å². The topological polar surface area (TPSA) is 62.9 Å². The largest absolute Gasteiger partial charge is 0.346 e. The van der Waals surface area contributed by atoms with Crippen LogP contribution in [0.2, 0.25) is 0 Å². The van der Waals surface area contributed by atoms with Crippen LogP contribution < -0.4 is 0 Å². The van der Waals surface area contributed by atoms with Gasteiger partial charge >= 0.3 is 0 Å². The molecule has 1 N–H and O–H groups in total. The molecule has 4 saturated heterocycles. The summed E-state index contributed by atoms with van der Waals surface area (Å²) < 4.78 is 0. The van der Waals surface area contributed by atoms with Crippen molar-refractivity contribution in [2.75, 3.05) is 65.4 Å². The second-order valence-electron chi connectivity index (χ2n) is 14.8. The van der Waals surface area contributed by atoms with Crippen molar-refractivity contribution >= 4 is 33.2 Å². The number of amides is 1. The number of fused-ring (bicyclic) bond motifs is 3. The molecule has 7 nitrogen and oxygen atoms in total. The van der Waals surface area contributed by atoms with Crippen LogP contribution in [0.15, 0.2) is 24.3 Å². The number of aryl methyl sites for hydroxylation is 2. The molecule has 0 spiro atoms. The van der Waals surface area contributed by atoms with Crippen molar-refractivity contribution in [1.29, 1.82) is 0 Å². The highest BCUT2D eigenvalue weighted by atomic mass is 32.1. The lowest BCUT2D eigenvalue weighted by Gasteiger charge is -2.36. The Morgan fingerprint density at radius 3 is 2.18 bits per heavy atom. The third-order valence-corrected chi connectivity index (χ3v) is 12.6. The Bertz CT molecular complexity index is 1520. The van der Waals surface area contributed by atoms with Gasteiger partial charge in [-0.15, -0.1) is 11.3 Å². The van der Waals surface area contributed by atoms with Gasteiger partial charge in [0.2, 0.25) is 5.91 Å². The van der Waals surface area contributed by atoms with Crippen molar-refractivity contribution in [3.8, 4) is 11.3 Å². The number of ketones is 1. The number of nitrogens with one attached hydrogen (secondary N) is 1. The zero-order chi connectivity index (χ0) is 31.3. The molecule has 0 saturated carbocycles. The maximum atomic E-state index is 14.0. The number of piperidine rings is 2. The highest BCUT2D eigenvalue weighted by molar-refractivity contribution is 7.19. The third-order valence-electron chi connectivity index (χ3n) is 11.2. The Hall–Kier alpha value is -2.52. The summed E-state index contributed by atoms with van der Waals surface area (Å²) in [6.45, 7) is 18.1. The van der Waals surface area contributed by atoms with Crippen molar-refractivity contribution in [2.45, 2.75) is 77.7 Å². The number of Topliss-reactive ketones (excluding diaryl/α,β-unsaturated/α-hetero) is 1. The van der Waals surface area contributed by atoms with Crippen molar-refractivity contribution in [2.24, 2.45) is 5.92 Å². The summed E-state index contributed by atoms with van der Waals surface area (Å²) in [5, 5.41) is 1.28. The van der Waals surface area contributed by atoms with Gasteiger partial charge in [-0.3, -0.25) is 19.4 Å². The highest BCUT2D eigenvalue weighted by Gasteiger charge is 2.49. The number of thiophene rings is 1. The molecule has 45 heavy (non-hydrogen) atoms. The molecule has 2 aromatic heterocycles. The average Bonchev–Trinajstić information content (AvgIpc) is 3.81. The molecule has 8 heteroatoms. The first-order chi connectivity index (χ1) is 21.7. The lowest BCUT2D eigenvalue weighted by Crippen LogP contribution is -2.50. The summed E-state index contributed by atoms with van der Waals surface area (Å²) in [4.78, 5) is 42.5. The van der Waals surface area contributed by atoms with E-state index >= 15 is 0 Å². The molecule has 6 heterocycles. The van der Waals surface area contributed by atoms with Crippen LogP contribution in [0, 0.1) is 19.8 Å². The Morgan fingerprint density at radius 2 is 1.53 bits per heavy atom. The maximum absolute atomic E-state index is 14.0. The Kier molecular flexibility index (Phi) is 8.70. The predicted octanol–water partition coefficient (Wildman–Crippen LogP) is 5.63. The van der Waals surface area contributed by atoms with Gasteiger partial charge in [-0.05, 0) is 115 Å². The Balaban J connectivity index is 1.09. The fourth-order valence-corrected chi connectivity index (χ4v) is 9.72. The Labute approximate surface area is 272 Å². The molecule has 1 amide bonds. The molecule has 1 aromatic carbocycles. The van der Waals surface area contributed by atoms with Crippen LogP contribution in [0.25, 0.3) is 21.5 Å². The van der Waals surface area contributed by atoms with E-state index < -0.39 is 5.41 Å². The molecule has 242 valence electrons. The number of aromatic amines is 1. The second kappa shape index (κ2) is 12.6. The van der Waals surface area contributed by atoms with E-state index in [0.717, 1.165) is 78.2 Å². The molecule has 4 fully saturated rings. The Morgan fingerprint density at radius 1 is 0.867 bits per heavy atom. The molecule has 7 rings (SSSR count). The standard InChI is InChI=1S/C37H51N5O2S/c1-25-20-26(2)22-28(21-25)33-29(10-13-39-16-18-40(19-17-39)24-32(43)41-11-6-5-7-12-41)30-23-31(45-36(30)38-33)37(3,4)35(44)34-27-8-14-42(34)15-9-27/h20-23,27,34,38H,5-19,24H2,1-4H3. The normalized spacial score (nSPS) is 24.6.